The fourth-order valence-electron chi connectivity index (χ4n) is 7.82. The standard InChI is InChI=1S/C48H67BCl2IN3O11/c1-14-27(2)37(55(12)44(60)48(11)36(64-48)25-35(62-13)29(4)26-52)42(58)53-34(24-30-22-32(50)38(56)33(51)23-30)41(57)54-40(45(5,6)61)43(59)63-39(31-18-16-15-17-19-31)28(3)20-21-49-65-46(7,8)47(9,10)66-49/h15-23,26-28,34-37,39-40,56,61H,14,24-25H2,1-13H3,(H,53,58)(H,54,57)/b21-20+,29-26+/t27-,28+,34+,35+,36-,37-,39-,40+,48+/m0/s1. The van der Waals surface area contributed by atoms with E-state index in [0.29, 0.717) is 24.0 Å². The summed E-state index contributed by atoms with van der Waals surface area (Å²) >= 11 is 14.7. The van der Waals surface area contributed by atoms with Gasteiger partial charge in [0.05, 0.1) is 39.1 Å². The number of hydrogen-bond donors (Lipinski definition) is 4. The molecule has 2 saturated heterocycles. The second-order valence-corrected chi connectivity index (χ2v) is 20.6. The summed E-state index contributed by atoms with van der Waals surface area (Å²) in [6.45, 7) is 19.7. The van der Waals surface area contributed by atoms with Crippen molar-refractivity contribution in [3.63, 3.8) is 0 Å². The number of benzene rings is 2. The van der Waals surface area contributed by atoms with Gasteiger partial charge in [0.15, 0.2) is 17.4 Å². The normalized spacial score (nSPS) is 22.4. The number of carbonyl (C=O) groups is 4. The fourth-order valence-corrected chi connectivity index (χ4v) is 8.76. The lowest BCUT2D eigenvalue weighted by atomic mass is 9.86. The zero-order valence-electron chi connectivity index (χ0n) is 40.2. The Morgan fingerprint density at radius 1 is 1.00 bits per heavy atom. The Hall–Kier alpha value is -3.23. The number of phenols is 1. The molecular formula is C48H67BCl2IN3O11. The van der Waals surface area contributed by atoms with Crippen LogP contribution < -0.4 is 10.6 Å². The number of phenolic OH excluding ortho intramolecular Hbond substituents is 1. The highest BCUT2D eigenvalue weighted by atomic mass is 127. The Morgan fingerprint density at radius 3 is 2.09 bits per heavy atom. The molecule has 2 aliphatic rings. The molecule has 2 aliphatic heterocycles. The average Bonchev–Trinajstić information content (AvgIpc) is 3.86. The topological polar surface area (TPSA) is 185 Å². The smallest absolute Gasteiger partial charge is 0.486 e. The molecule has 4 N–H and O–H groups in total. The molecule has 14 nitrogen and oxygen atoms in total. The van der Waals surface area contributed by atoms with Crippen LogP contribution in [0, 0.1) is 11.8 Å². The first-order valence-corrected chi connectivity index (χ1v) is 24.2. The summed E-state index contributed by atoms with van der Waals surface area (Å²) in [5.74, 6) is -2.34. The van der Waals surface area contributed by atoms with E-state index in [2.05, 4.69) is 33.2 Å². The van der Waals surface area contributed by atoms with Gasteiger partial charge in [-0.3, -0.25) is 14.4 Å². The second kappa shape index (κ2) is 22.5. The number of ether oxygens (including phenoxy) is 3. The molecule has 2 fully saturated rings. The number of halogens is 3. The molecule has 0 unspecified atom stereocenters. The van der Waals surface area contributed by atoms with Crippen molar-refractivity contribution in [1.29, 1.82) is 0 Å². The van der Waals surface area contributed by atoms with Gasteiger partial charge in [0, 0.05) is 32.9 Å². The van der Waals surface area contributed by atoms with Crippen LogP contribution >= 0.6 is 45.8 Å². The number of rotatable bonds is 21. The largest absolute Gasteiger partial charge is 0.505 e. The number of amides is 3. The van der Waals surface area contributed by atoms with Crippen molar-refractivity contribution in [3.05, 3.63) is 85.3 Å². The molecule has 2 aromatic rings. The first kappa shape index (κ1) is 55.4. The Balaban J connectivity index is 1.64. The van der Waals surface area contributed by atoms with Gasteiger partial charge in [-0.25, -0.2) is 4.79 Å². The lowest BCUT2D eigenvalue weighted by Gasteiger charge is -2.35. The summed E-state index contributed by atoms with van der Waals surface area (Å²) in [6.07, 6.45) is 0.881. The predicted octanol–water partition coefficient (Wildman–Crippen LogP) is 7.86. The van der Waals surface area contributed by atoms with Gasteiger partial charge in [-0.1, -0.05) is 115 Å². The molecule has 4 rings (SSSR count). The highest BCUT2D eigenvalue weighted by Crippen LogP contribution is 2.43. The molecule has 0 saturated carbocycles. The maximum Gasteiger partial charge on any atom is 0.486 e. The third kappa shape index (κ3) is 13.3. The van der Waals surface area contributed by atoms with Gasteiger partial charge in [-0.15, -0.1) is 0 Å². The number of aliphatic hydroxyl groups is 1. The molecule has 0 bridgehead atoms. The number of carbonyl (C=O) groups excluding carboxylic acids is 4. The van der Waals surface area contributed by atoms with Crippen molar-refractivity contribution in [1.82, 2.24) is 15.5 Å². The molecular weight excluding hydrogens is 1000 g/mol. The molecule has 9 atom stereocenters. The number of likely N-dealkylation sites (N-methyl/N-ethyl adjacent to an activating group) is 1. The SMILES string of the molecule is CC[C@H](C)[C@@H](C(=O)N[C@H](Cc1cc(Cl)c(O)c(Cl)c1)C(=O)N[C@H](C(=O)O[C@H](c1ccccc1)[C@H](C)/C=C/B1OC(C)(C)C(C)(C)O1)C(C)(C)O)N(C)C(=O)[C@]1(C)O[C@H]1C[C@@H](OC)/C(C)=C/I. The van der Waals surface area contributed by atoms with Crippen molar-refractivity contribution in [2.24, 2.45) is 11.8 Å². The van der Waals surface area contributed by atoms with Crippen LogP contribution in [0.2, 0.25) is 10.0 Å². The predicted molar refractivity (Wildman–Crippen MR) is 264 cm³/mol. The van der Waals surface area contributed by atoms with Crippen molar-refractivity contribution in [2.45, 2.75) is 154 Å². The zero-order chi connectivity index (χ0) is 49.7. The lowest BCUT2D eigenvalue weighted by Crippen LogP contribution is -2.61. The number of hydrogen-bond acceptors (Lipinski definition) is 11. The van der Waals surface area contributed by atoms with Crippen LogP contribution in [-0.4, -0.2) is 113 Å². The third-order valence-corrected chi connectivity index (χ3v) is 14.6. The van der Waals surface area contributed by atoms with E-state index >= 15 is 0 Å². The number of esters is 1. The minimum atomic E-state index is -1.88. The minimum absolute atomic E-state index is 0.0931. The fraction of sp³-hybridized carbons (Fsp3) is 0.583. The lowest BCUT2D eigenvalue weighted by molar-refractivity contribution is -0.162. The van der Waals surface area contributed by atoms with Gasteiger partial charge in [-0.2, -0.15) is 0 Å². The molecule has 3 amide bonds. The molecule has 66 heavy (non-hydrogen) atoms. The second-order valence-electron chi connectivity index (χ2n) is 19.2. The van der Waals surface area contributed by atoms with Gasteiger partial charge in [0.2, 0.25) is 11.8 Å². The van der Waals surface area contributed by atoms with Gasteiger partial charge < -0.3 is 49.3 Å². The quantitative estimate of drug-likeness (QED) is 0.0413. The van der Waals surface area contributed by atoms with Crippen molar-refractivity contribution < 1.29 is 52.9 Å². The molecule has 0 aromatic heterocycles. The summed E-state index contributed by atoms with van der Waals surface area (Å²) < 4.78 is 32.0. The summed E-state index contributed by atoms with van der Waals surface area (Å²) in [6, 6.07) is 7.70. The Morgan fingerprint density at radius 2 is 1.58 bits per heavy atom. The molecule has 0 spiro atoms. The Kier molecular flexibility index (Phi) is 18.8. The molecule has 364 valence electrons. The minimum Gasteiger partial charge on any atom is -0.505 e. The van der Waals surface area contributed by atoms with Crippen molar-refractivity contribution >= 4 is 76.6 Å². The van der Waals surface area contributed by atoms with E-state index in [-0.39, 0.29) is 28.3 Å². The van der Waals surface area contributed by atoms with Crippen LogP contribution in [0.15, 0.2) is 64.2 Å². The average molecular weight is 1070 g/mol. The highest BCUT2D eigenvalue weighted by molar-refractivity contribution is 14.1. The maximum absolute atomic E-state index is 14.6. The Labute approximate surface area is 414 Å². The van der Waals surface area contributed by atoms with Gasteiger partial charge in [-0.05, 0) is 94.2 Å². The van der Waals surface area contributed by atoms with Gasteiger partial charge >= 0.3 is 13.1 Å². The molecule has 0 radical (unpaired) electrons. The number of nitrogens with one attached hydrogen (secondary N) is 2. The monoisotopic (exact) mass is 1070 g/mol. The number of methoxy groups -OCH3 is 1. The van der Waals surface area contributed by atoms with E-state index in [9.17, 15) is 29.4 Å². The van der Waals surface area contributed by atoms with Crippen LogP contribution in [0.3, 0.4) is 0 Å². The maximum atomic E-state index is 14.6. The third-order valence-electron chi connectivity index (χ3n) is 13.0. The number of nitrogens with zero attached hydrogens (tertiary/aromatic N) is 1. The Bertz CT molecular complexity index is 2080. The van der Waals surface area contributed by atoms with Gasteiger partial charge in [0.1, 0.15) is 18.2 Å². The zero-order valence-corrected chi connectivity index (χ0v) is 43.9. The van der Waals surface area contributed by atoms with Crippen molar-refractivity contribution in [3.8, 4) is 5.75 Å². The van der Waals surface area contributed by atoms with E-state index < -0.39 is 95.4 Å². The first-order valence-electron chi connectivity index (χ1n) is 22.2. The van der Waals surface area contributed by atoms with Crippen molar-refractivity contribution in [2.75, 3.05) is 14.2 Å². The summed E-state index contributed by atoms with van der Waals surface area (Å²) in [5.41, 5.74) is -2.26. The van der Waals surface area contributed by atoms with E-state index in [1.54, 1.807) is 32.1 Å². The molecule has 18 heteroatoms. The van der Waals surface area contributed by atoms with E-state index in [4.69, 9.17) is 46.7 Å². The summed E-state index contributed by atoms with van der Waals surface area (Å²) in [5, 5.41) is 27.1. The number of epoxide rings is 1. The van der Waals surface area contributed by atoms with E-state index in [1.807, 2.05) is 83.7 Å². The van der Waals surface area contributed by atoms with E-state index in [1.165, 1.54) is 37.9 Å². The van der Waals surface area contributed by atoms with Gasteiger partial charge in [0.25, 0.3) is 5.91 Å². The van der Waals surface area contributed by atoms with Crippen LogP contribution in [0.1, 0.15) is 106 Å². The molecule has 0 aliphatic carbocycles. The summed E-state index contributed by atoms with van der Waals surface area (Å²) in [7, 11) is 2.46. The van der Waals surface area contributed by atoms with E-state index in [0.717, 1.165) is 5.57 Å². The van der Waals surface area contributed by atoms with Crippen LogP contribution in [0.5, 0.6) is 5.75 Å². The van der Waals surface area contributed by atoms with Crippen LogP contribution in [0.4, 0.5) is 0 Å². The summed E-state index contributed by atoms with van der Waals surface area (Å²) in [4.78, 5) is 59.1. The van der Waals surface area contributed by atoms with Crippen LogP contribution in [0.25, 0.3) is 0 Å². The number of aromatic hydroxyl groups is 1. The first-order chi connectivity index (χ1) is 30.6. The molecule has 2 heterocycles. The molecule has 2 aromatic carbocycles. The highest BCUT2D eigenvalue weighted by Gasteiger charge is 2.61. The van der Waals surface area contributed by atoms with Crippen LogP contribution in [-0.2, 0) is 49.1 Å².